The molecule has 3 unspecified atom stereocenters. The van der Waals surface area contributed by atoms with Gasteiger partial charge in [-0.2, -0.15) is 0 Å². The van der Waals surface area contributed by atoms with Gasteiger partial charge in [0.15, 0.2) is 6.29 Å². The minimum Gasteiger partial charge on any atom is -0.465 e. The highest BCUT2D eigenvalue weighted by Gasteiger charge is 2.32. The quantitative estimate of drug-likeness (QED) is 0.258. The second kappa shape index (κ2) is 13.3. The van der Waals surface area contributed by atoms with Crippen LogP contribution in [-0.4, -0.2) is 62.3 Å². The summed E-state index contributed by atoms with van der Waals surface area (Å²) >= 11 is 1.51. The molecule has 2 amide bonds. The number of anilines is 1. The highest BCUT2D eigenvalue weighted by Crippen LogP contribution is 2.39. The van der Waals surface area contributed by atoms with Crippen molar-refractivity contribution in [3.05, 3.63) is 65.2 Å². The molecular weight excluding hydrogens is 512 g/mol. The van der Waals surface area contributed by atoms with Crippen LogP contribution in [0, 0.1) is 0 Å². The molecule has 2 aromatic carbocycles. The van der Waals surface area contributed by atoms with E-state index in [-0.39, 0.29) is 32.0 Å². The molecule has 202 valence electrons. The molecule has 3 N–H and O–H groups in total. The number of rotatable bonds is 10. The molecule has 1 aromatic heterocycles. The minimum atomic E-state index is -0.638. The molecule has 4 rings (SSSR count). The van der Waals surface area contributed by atoms with Crippen molar-refractivity contribution in [3.63, 3.8) is 0 Å². The first-order chi connectivity index (χ1) is 18.4. The van der Waals surface area contributed by atoms with Gasteiger partial charge in [-0.3, -0.25) is 4.79 Å². The number of nitrogens with one attached hydrogen (secondary N) is 2. The molecule has 0 bridgehead atoms. The maximum absolute atomic E-state index is 12.1. The Bertz CT molecular complexity index is 1210. The zero-order valence-electron chi connectivity index (χ0n) is 21.1. The third-order valence-electron chi connectivity index (χ3n) is 5.73. The van der Waals surface area contributed by atoms with E-state index in [0.717, 1.165) is 16.7 Å². The molecular formula is C25H30N6O6S. The number of esters is 1. The number of aliphatic hydroxyl groups excluding tert-OH is 1. The summed E-state index contributed by atoms with van der Waals surface area (Å²) in [7, 11) is 1.79. The van der Waals surface area contributed by atoms with Gasteiger partial charge in [-0.1, -0.05) is 48.2 Å². The number of tetrazole rings is 1. The van der Waals surface area contributed by atoms with Crippen molar-refractivity contribution in [2.75, 3.05) is 24.2 Å². The van der Waals surface area contributed by atoms with E-state index in [1.54, 1.807) is 30.8 Å². The van der Waals surface area contributed by atoms with E-state index in [0.29, 0.717) is 23.0 Å². The van der Waals surface area contributed by atoms with Crippen LogP contribution < -0.4 is 10.6 Å². The van der Waals surface area contributed by atoms with Gasteiger partial charge in [-0.15, -0.1) is 5.10 Å². The lowest BCUT2D eigenvalue weighted by Gasteiger charge is -2.36. The lowest BCUT2D eigenvalue weighted by atomic mass is 10.0. The largest absolute Gasteiger partial charge is 0.465 e. The van der Waals surface area contributed by atoms with Gasteiger partial charge >= 0.3 is 12.0 Å². The van der Waals surface area contributed by atoms with Crippen LogP contribution in [0.15, 0.2) is 53.7 Å². The average Bonchev–Trinajstić information content (AvgIpc) is 3.35. The van der Waals surface area contributed by atoms with E-state index in [2.05, 4.69) is 26.2 Å². The summed E-state index contributed by atoms with van der Waals surface area (Å²) < 4.78 is 19.1. The maximum atomic E-state index is 12.1. The van der Waals surface area contributed by atoms with E-state index < -0.39 is 18.3 Å². The Morgan fingerprint density at radius 1 is 1.13 bits per heavy atom. The molecule has 3 atom stereocenters. The van der Waals surface area contributed by atoms with Crippen LogP contribution in [0.5, 0.6) is 0 Å². The van der Waals surface area contributed by atoms with Gasteiger partial charge in [0, 0.05) is 30.5 Å². The van der Waals surface area contributed by atoms with E-state index in [4.69, 9.17) is 14.2 Å². The van der Waals surface area contributed by atoms with Crippen molar-refractivity contribution >= 4 is 29.4 Å². The summed E-state index contributed by atoms with van der Waals surface area (Å²) in [6, 6.07) is 14.3. The number of aryl methyl sites for hydroxylation is 1. The van der Waals surface area contributed by atoms with Gasteiger partial charge in [-0.05, 0) is 40.6 Å². The predicted molar refractivity (Wildman–Crippen MR) is 138 cm³/mol. The van der Waals surface area contributed by atoms with Crippen LogP contribution in [-0.2, 0) is 32.7 Å². The summed E-state index contributed by atoms with van der Waals surface area (Å²) in [6.45, 7) is 1.71. The Kier molecular flexibility index (Phi) is 9.65. The van der Waals surface area contributed by atoms with Crippen molar-refractivity contribution in [3.8, 4) is 0 Å². The van der Waals surface area contributed by atoms with Gasteiger partial charge < -0.3 is 30.0 Å². The molecule has 38 heavy (non-hydrogen) atoms. The van der Waals surface area contributed by atoms with Crippen molar-refractivity contribution in [1.82, 2.24) is 25.5 Å². The Morgan fingerprint density at radius 3 is 2.53 bits per heavy atom. The minimum absolute atomic E-state index is 0.0240. The fourth-order valence-electron chi connectivity index (χ4n) is 3.80. The Hall–Kier alpha value is -3.52. The van der Waals surface area contributed by atoms with Crippen molar-refractivity contribution < 1.29 is 28.9 Å². The Labute approximate surface area is 224 Å². The van der Waals surface area contributed by atoms with Gasteiger partial charge in [0.25, 0.3) is 0 Å². The van der Waals surface area contributed by atoms with Crippen LogP contribution >= 0.6 is 11.8 Å². The van der Waals surface area contributed by atoms with Crippen LogP contribution in [0.3, 0.4) is 0 Å². The number of carbonyl (C=O) groups excluding carboxylic acids is 2. The molecule has 1 aliphatic heterocycles. The zero-order valence-corrected chi connectivity index (χ0v) is 21.9. The number of aliphatic hydroxyl groups is 1. The number of amides is 2. The summed E-state index contributed by atoms with van der Waals surface area (Å²) in [5, 5.41) is 26.8. The number of thioether (sulfide) groups is 1. The number of urea groups is 1. The number of aromatic nitrogens is 4. The molecule has 13 heteroatoms. The zero-order chi connectivity index (χ0) is 26.9. The monoisotopic (exact) mass is 542 g/mol. The first-order valence-electron chi connectivity index (χ1n) is 12.1. The van der Waals surface area contributed by atoms with Crippen LogP contribution in [0.1, 0.15) is 42.4 Å². The van der Waals surface area contributed by atoms with Crippen molar-refractivity contribution in [2.24, 2.45) is 7.05 Å². The first kappa shape index (κ1) is 27.5. The standard InChI is InChI=1S/C25H30N6O6S/c1-3-35-22(33)13-26-24(34)27-19-10-8-18(9-11-19)23-36-20(15-38-25-28-29-30-31(25)2)12-21(37-23)17-6-4-16(14-32)5-7-17/h4-11,20-21,23,32H,3,12-15H2,1-2H3,(H2,26,27,34). The molecule has 12 nitrogen and oxygen atoms in total. The fraction of sp³-hybridized carbons (Fsp3) is 0.400. The maximum Gasteiger partial charge on any atom is 0.325 e. The molecule has 0 saturated carbocycles. The van der Waals surface area contributed by atoms with E-state index in [1.165, 1.54) is 11.8 Å². The van der Waals surface area contributed by atoms with Crippen LogP contribution in [0.2, 0.25) is 0 Å². The van der Waals surface area contributed by atoms with Crippen LogP contribution in [0.25, 0.3) is 0 Å². The summed E-state index contributed by atoms with van der Waals surface area (Å²) in [5.74, 6) is 0.118. The van der Waals surface area contributed by atoms with Gasteiger partial charge in [0.05, 0.1) is 25.4 Å². The summed E-state index contributed by atoms with van der Waals surface area (Å²) in [6.07, 6.45) is -0.380. The Balaban J connectivity index is 1.43. The molecule has 3 aromatic rings. The number of hydrogen-bond acceptors (Lipinski definition) is 10. The second-order valence-corrected chi connectivity index (χ2v) is 9.47. The molecule has 2 heterocycles. The number of benzene rings is 2. The topological polar surface area (TPSA) is 150 Å². The summed E-state index contributed by atoms with van der Waals surface area (Å²) in [5.41, 5.74) is 3.15. The molecule has 0 aliphatic carbocycles. The van der Waals surface area contributed by atoms with Gasteiger partial charge in [-0.25, -0.2) is 9.48 Å². The lowest BCUT2D eigenvalue weighted by Crippen LogP contribution is -2.34. The van der Waals surface area contributed by atoms with E-state index in [9.17, 15) is 14.7 Å². The number of hydrogen-bond donors (Lipinski definition) is 3. The molecule has 1 fully saturated rings. The van der Waals surface area contributed by atoms with Crippen LogP contribution in [0.4, 0.5) is 10.5 Å². The predicted octanol–water partition coefficient (Wildman–Crippen LogP) is 2.72. The lowest BCUT2D eigenvalue weighted by molar-refractivity contribution is -0.245. The highest BCUT2D eigenvalue weighted by atomic mass is 32.2. The average molecular weight is 543 g/mol. The van der Waals surface area contributed by atoms with E-state index in [1.807, 2.05) is 36.4 Å². The van der Waals surface area contributed by atoms with Gasteiger partial charge in [0.1, 0.15) is 6.54 Å². The number of ether oxygens (including phenoxy) is 3. The molecule has 1 aliphatic rings. The first-order valence-corrected chi connectivity index (χ1v) is 13.1. The molecule has 0 radical (unpaired) electrons. The third kappa shape index (κ3) is 7.51. The molecule has 1 saturated heterocycles. The smallest absolute Gasteiger partial charge is 0.325 e. The van der Waals surface area contributed by atoms with Gasteiger partial charge in [0.2, 0.25) is 5.16 Å². The van der Waals surface area contributed by atoms with Crippen molar-refractivity contribution in [1.29, 1.82) is 0 Å². The normalized spacial score (nSPS) is 19.1. The second-order valence-electron chi connectivity index (χ2n) is 8.48. The third-order valence-corrected chi connectivity index (χ3v) is 6.88. The number of nitrogens with zero attached hydrogens (tertiary/aromatic N) is 4. The SMILES string of the molecule is CCOC(=O)CNC(=O)Nc1ccc(C2OC(CSc3nnnn3C)CC(c3ccc(CO)cc3)O2)cc1. The fourth-order valence-corrected chi connectivity index (χ4v) is 4.66. The number of carbonyl (C=O) groups is 2. The highest BCUT2D eigenvalue weighted by molar-refractivity contribution is 7.99. The molecule has 0 spiro atoms. The van der Waals surface area contributed by atoms with Crippen molar-refractivity contribution in [2.45, 2.75) is 43.6 Å². The van der Waals surface area contributed by atoms with E-state index >= 15 is 0 Å². The summed E-state index contributed by atoms with van der Waals surface area (Å²) in [4.78, 5) is 23.5. The Morgan fingerprint density at radius 2 is 1.87 bits per heavy atom.